The molecule has 0 saturated carbocycles. The lowest BCUT2D eigenvalue weighted by molar-refractivity contribution is -0.121. The standard InChI is InChI=1S/C20H21Cl2N3O2/c21-16-7-3-8-17(22)15(16)12-25-10-4-5-13(11-25)20(27)24-18-9-2-1-6-14(18)19(23)26/h1-3,6-9,13H,4-5,10-12H2,(H2,23,26)(H,24,27). The normalized spacial score (nSPS) is 17.5. The molecule has 27 heavy (non-hydrogen) atoms. The molecule has 1 atom stereocenters. The van der Waals surface area contributed by atoms with Crippen molar-refractivity contribution in [2.45, 2.75) is 19.4 Å². The first-order chi connectivity index (χ1) is 13.0. The lowest BCUT2D eigenvalue weighted by atomic mass is 9.96. The van der Waals surface area contributed by atoms with Gasteiger partial charge in [0, 0.05) is 28.7 Å². The van der Waals surface area contributed by atoms with E-state index in [1.807, 2.05) is 18.2 Å². The predicted molar refractivity (Wildman–Crippen MR) is 108 cm³/mol. The van der Waals surface area contributed by atoms with Crippen molar-refractivity contribution in [3.05, 3.63) is 63.6 Å². The molecule has 142 valence electrons. The minimum atomic E-state index is -0.565. The van der Waals surface area contributed by atoms with E-state index < -0.39 is 5.91 Å². The molecule has 0 aromatic heterocycles. The maximum absolute atomic E-state index is 12.7. The van der Waals surface area contributed by atoms with Crippen LogP contribution in [0.25, 0.3) is 0 Å². The Labute approximate surface area is 168 Å². The fourth-order valence-corrected chi connectivity index (χ4v) is 3.88. The van der Waals surface area contributed by atoms with E-state index in [-0.39, 0.29) is 11.8 Å². The van der Waals surface area contributed by atoms with Crippen LogP contribution in [0.3, 0.4) is 0 Å². The van der Waals surface area contributed by atoms with Crippen LogP contribution in [0, 0.1) is 5.92 Å². The zero-order valence-electron chi connectivity index (χ0n) is 14.8. The van der Waals surface area contributed by atoms with E-state index in [2.05, 4.69) is 10.2 Å². The Kier molecular flexibility index (Phi) is 6.37. The van der Waals surface area contributed by atoms with E-state index >= 15 is 0 Å². The van der Waals surface area contributed by atoms with Gasteiger partial charge >= 0.3 is 0 Å². The highest BCUT2D eigenvalue weighted by Crippen LogP contribution is 2.28. The first-order valence-electron chi connectivity index (χ1n) is 8.80. The number of nitrogens with two attached hydrogens (primary N) is 1. The second kappa shape index (κ2) is 8.74. The predicted octanol–water partition coefficient (Wildman–Crippen LogP) is 3.94. The molecule has 2 aromatic rings. The summed E-state index contributed by atoms with van der Waals surface area (Å²) in [5.74, 6) is -0.857. The smallest absolute Gasteiger partial charge is 0.250 e. The molecule has 1 saturated heterocycles. The number of piperidine rings is 1. The third-order valence-electron chi connectivity index (χ3n) is 4.77. The number of nitrogens with one attached hydrogen (secondary N) is 1. The number of halogens is 2. The third kappa shape index (κ3) is 4.80. The number of nitrogens with zero attached hydrogens (tertiary/aromatic N) is 1. The number of hydrogen-bond donors (Lipinski definition) is 2. The van der Waals surface area contributed by atoms with E-state index in [0.717, 1.165) is 24.9 Å². The second-order valence-electron chi connectivity index (χ2n) is 6.67. The van der Waals surface area contributed by atoms with Gasteiger partial charge in [0.2, 0.25) is 5.91 Å². The molecular formula is C20H21Cl2N3O2. The Morgan fingerprint density at radius 1 is 1.11 bits per heavy atom. The van der Waals surface area contributed by atoms with Crippen molar-refractivity contribution >= 4 is 40.7 Å². The third-order valence-corrected chi connectivity index (χ3v) is 5.48. The summed E-state index contributed by atoms with van der Waals surface area (Å²) in [5, 5.41) is 4.11. The van der Waals surface area contributed by atoms with E-state index in [0.29, 0.717) is 34.4 Å². The molecule has 1 heterocycles. The maximum Gasteiger partial charge on any atom is 0.250 e. The van der Waals surface area contributed by atoms with Crippen LogP contribution in [0.15, 0.2) is 42.5 Å². The lowest BCUT2D eigenvalue weighted by Gasteiger charge is -2.32. The van der Waals surface area contributed by atoms with Crippen LogP contribution in [-0.4, -0.2) is 29.8 Å². The Bertz CT molecular complexity index is 837. The number of likely N-dealkylation sites (tertiary alicyclic amines) is 1. The molecular weight excluding hydrogens is 385 g/mol. The van der Waals surface area contributed by atoms with Gasteiger partial charge in [-0.3, -0.25) is 14.5 Å². The number of carbonyl (C=O) groups excluding carboxylic acids is 2. The number of hydrogen-bond acceptors (Lipinski definition) is 3. The number of benzene rings is 2. The van der Waals surface area contributed by atoms with Gasteiger partial charge in [0.05, 0.1) is 17.2 Å². The topological polar surface area (TPSA) is 75.4 Å². The molecule has 1 unspecified atom stereocenters. The van der Waals surface area contributed by atoms with Gasteiger partial charge in [-0.1, -0.05) is 41.4 Å². The van der Waals surface area contributed by atoms with Crippen molar-refractivity contribution in [1.82, 2.24) is 4.90 Å². The van der Waals surface area contributed by atoms with Crippen LogP contribution in [0.2, 0.25) is 10.0 Å². The first-order valence-corrected chi connectivity index (χ1v) is 9.56. The summed E-state index contributed by atoms with van der Waals surface area (Å²) in [6.07, 6.45) is 1.69. The monoisotopic (exact) mass is 405 g/mol. The van der Waals surface area contributed by atoms with E-state index in [4.69, 9.17) is 28.9 Å². The second-order valence-corrected chi connectivity index (χ2v) is 7.49. The number of carbonyl (C=O) groups is 2. The van der Waals surface area contributed by atoms with Crippen LogP contribution in [0.4, 0.5) is 5.69 Å². The highest BCUT2D eigenvalue weighted by Gasteiger charge is 2.27. The summed E-state index contributed by atoms with van der Waals surface area (Å²) in [5.41, 5.74) is 7.01. The van der Waals surface area contributed by atoms with E-state index in [9.17, 15) is 9.59 Å². The number of amides is 2. The number of para-hydroxylation sites is 1. The highest BCUT2D eigenvalue weighted by atomic mass is 35.5. The SMILES string of the molecule is NC(=O)c1ccccc1NC(=O)C1CCCN(Cc2c(Cl)cccc2Cl)C1. The van der Waals surface area contributed by atoms with Crippen molar-refractivity contribution in [2.24, 2.45) is 11.7 Å². The highest BCUT2D eigenvalue weighted by molar-refractivity contribution is 6.35. The van der Waals surface area contributed by atoms with Crippen molar-refractivity contribution in [2.75, 3.05) is 18.4 Å². The molecule has 3 N–H and O–H groups in total. The van der Waals surface area contributed by atoms with E-state index in [1.54, 1.807) is 24.3 Å². The van der Waals surface area contributed by atoms with Crippen LogP contribution >= 0.6 is 23.2 Å². The molecule has 5 nitrogen and oxygen atoms in total. The number of primary amides is 1. The first kappa shape index (κ1) is 19.7. The zero-order valence-corrected chi connectivity index (χ0v) is 16.3. The van der Waals surface area contributed by atoms with Gasteiger partial charge in [-0.2, -0.15) is 0 Å². The average molecular weight is 406 g/mol. The van der Waals surface area contributed by atoms with Crippen LogP contribution in [0.1, 0.15) is 28.8 Å². The maximum atomic E-state index is 12.7. The summed E-state index contributed by atoms with van der Waals surface area (Å²) < 4.78 is 0. The molecule has 3 rings (SSSR count). The van der Waals surface area contributed by atoms with Gasteiger partial charge in [-0.05, 0) is 43.7 Å². The van der Waals surface area contributed by atoms with Gasteiger partial charge in [-0.25, -0.2) is 0 Å². The van der Waals surface area contributed by atoms with Gasteiger partial charge < -0.3 is 11.1 Å². The largest absolute Gasteiger partial charge is 0.366 e. The molecule has 7 heteroatoms. The number of anilines is 1. The summed E-state index contributed by atoms with van der Waals surface area (Å²) in [6, 6.07) is 12.2. The van der Waals surface area contributed by atoms with Crippen molar-refractivity contribution < 1.29 is 9.59 Å². The van der Waals surface area contributed by atoms with Gasteiger partial charge in [0.25, 0.3) is 5.91 Å². The molecule has 0 aliphatic carbocycles. The molecule has 2 aromatic carbocycles. The zero-order chi connectivity index (χ0) is 19.4. The summed E-state index contributed by atoms with van der Waals surface area (Å²) in [6.45, 7) is 2.08. The lowest BCUT2D eigenvalue weighted by Crippen LogP contribution is -2.40. The average Bonchev–Trinajstić information content (AvgIpc) is 2.65. The molecule has 1 fully saturated rings. The Balaban J connectivity index is 1.67. The molecule has 0 bridgehead atoms. The van der Waals surface area contributed by atoms with Gasteiger partial charge in [0.1, 0.15) is 0 Å². The number of rotatable bonds is 5. The Morgan fingerprint density at radius 3 is 2.52 bits per heavy atom. The quantitative estimate of drug-likeness (QED) is 0.790. The van der Waals surface area contributed by atoms with Crippen LogP contribution in [0.5, 0.6) is 0 Å². The van der Waals surface area contributed by atoms with Crippen molar-refractivity contribution in [3.8, 4) is 0 Å². The van der Waals surface area contributed by atoms with E-state index in [1.165, 1.54) is 0 Å². The molecule has 1 aliphatic rings. The Morgan fingerprint density at radius 2 is 1.81 bits per heavy atom. The molecule has 1 aliphatic heterocycles. The Hall–Kier alpha value is -2.08. The summed E-state index contributed by atoms with van der Waals surface area (Å²) >= 11 is 12.5. The van der Waals surface area contributed by atoms with Gasteiger partial charge in [0.15, 0.2) is 0 Å². The van der Waals surface area contributed by atoms with Crippen LogP contribution < -0.4 is 11.1 Å². The van der Waals surface area contributed by atoms with Crippen molar-refractivity contribution in [3.63, 3.8) is 0 Å². The molecule has 2 amide bonds. The summed E-state index contributed by atoms with van der Waals surface area (Å²) in [7, 11) is 0. The molecule has 0 spiro atoms. The fraction of sp³-hybridized carbons (Fsp3) is 0.300. The van der Waals surface area contributed by atoms with Crippen LogP contribution in [-0.2, 0) is 11.3 Å². The minimum Gasteiger partial charge on any atom is -0.366 e. The van der Waals surface area contributed by atoms with Crippen molar-refractivity contribution in [1.29, 1.82) is 0 Å². The fourth-order valence-electron chi connectivity index (χ4n) is 3.36. The minimum absolute atomic E-state index is 0.112. The van der Waals surface area contributed by atoms with Gasteiger partial charge in [-0.15, -0.1) is 0 Å². The summed E-state index contributed by atoms with van der Waals surface area (Å²) in [4.78, 5) is 26.4. The molecule has 0 radical (unpaired) electrons.